The molecule has 1 N–H and O–H groups in total. The van der Waals surface area contributed by atoms with Gasteiger partial charge in [0.1, 0.15) is 6.54 Å². The van der Waals surface area contributed by atoms with Crippen LogP contribution >= 0.6 is 11.8 Å². The molecule has 0 radical (unpaired) electrons. The number of nitrogens with zero attached hydrogens (tertiary/aromatic N) is 2. The van der Waals surface area contributed by atoms with E-state index in [1.807, 2.05) is 0 Å². The van der Waals surface area contributed by atoms with E-state index < -0.39 is 23.6 Å². The monoisotopic (exact) mass is 555 g/mol. The molecule has 0 bridgehead atoms. The number of nitrogens with one attached hydrogen (secondary N) is 1. The van der Waals surface area contributed by atoms with E-state index >= 15 is 0 Å². The zero-order valence-electron chi connectivity index (χ0n) is 21.0. The first-order valence-corrected chi connectivity index (χ1v) is 12.8. The second-order valence-electron chi connectivity index (χ2n) is 8.58. The molecule has 3 aliphatic heterocycles. The molecule has 2 aromatic carbocycles. The SMILES string of the molecule is COc1cc(/C=C2\SC(=O)N(CC(=O)Nc3ccc4c(c3)OCO4)C2=O)ccc1OCC(=O)N1CCOCC1. The van der Waals surface area contributed by atoms with Crippen LogP contribution in [0.5, 0.6) is 23.0 Å². The second-order valence-corrected chi connectivity index (χ2v) is 9.57. The number of ether oxygens (including phenoxy) is 5. The van der Waals surface area contributed by atoms with Crippen LogP contribution in [-0.2, 0) is 19.1 Å². The summed E-state index contributed by atoms with van der Waals surface area (Å²) in [7, 11) is 1.46. The van der Waals surface area contributed by atoms with Crippen molar-refractivity contribution in [2.45, 2.75) is 0 Å². The quantitative estimate of drug-likeness (QED) is 0.484. The maximum Gasteiger partial charge on any atom is 0.294 e. The van der Waals surface area contributed by atoms with Gasteiger partial charge < -0.3 is 33.9 Å². The molecule has 204 valence electrons. The van der Waals surface area contributed by atoms with Gasteiger partial charge in [0.05, 0.1) is 25.2 Å². The number of hydrogen-bond donors (Lipinski definition) is 1. The Morgan fingerprint density at radius 2 is 1.85 bits per heavy atom. The van der Waals surface area contributed by atoms with Crippen molar-refractivity contribution in [3.05, 3.63) is 46.9 Å². The van der Waals surface area contributed by atoms with Crippen molar-refractivity contribution in [1.29, 1.82) is 0 Å². The van der Waals surface area contributed by atoms with Gasteiger partial charge in [-0.05, 0) is 47.7 Å². The summed E-state index contributed by atoms with van der Waals surface area (Å²) in [6, 6.07) is 9.84. The van der Waals surface area contributed by atoms with Crippen LogP contribution in [-0.4, -0.2) is 86.1 Å². The number of benzene rings is 2. The first-order valence-electron chi connectivity index (χ1n) is 12.0. The number of amides is 4. The van der Waals surface area contributed by atoms with Crippen molar-refractivity contribution in [3.63, 3.8) is 0 Å². The Kier molecular flexibility index (Phi) is 7.89. The third-order valence-corrected chi connectivity index (χ3v) is 6.94. The lowest BCUT2D eigenvalue weighted by Crippen LogP contribution is -2.43. The van der Waals surface area contributed by atoms with Crippen LogP contribution in [0.25, 0.3) is 6.08 Å². The van der Waals surface area contributed by atoms with Gasteiger partial charge in [0.15, 0.2) is 29.6 Å². The lowest BCUT2D eigenvalue weighted by molar-refractivity contribution is -0.137. The van der Waals surface area contributed by atoms with E-state index in [0.29, 0.717) is 60.6 Å². The summed E-state index contributed by atoms with van der Waals surface area (Å²) < 4.78 is 26.9. The van der Waals surface area contributed by atoms with Gasteiger partial charge in [-0.1, -0.05) is 6.07 Å². The molecule has 0 aliphatic carbocycles. The van der Waals surface area contributed by atoms with Gasteiger partial charge in [-0.25, -0.2) is 0 Å². The van der Waals surface area contributed by atoms with E-state index in [1.165, 1.54) is 13.2 Å². The Balaban J connectivity index is 1.20. The number of rotatable bonds is 8. The standard InChI is InChI=1S/C26H25N3O9S/c1-34-20-10-16(2-4-18(20)36-14-24(31)28-6-8-35-9-7-28)11-22-25(32)29(26(33)39-22)13-23(30)27-17-3-5-19-21(12-17)38-15-37-19/h2-5,10-12H,6-9,13-15H2,1H3,(H,27,30)/b22-11-. The topological polar surface area (TPSA) is 133 Å². The summed E-state index contributed by atoms with van der Waals surface area (Å²) in [4.78, 5) is 53.0. The zero-order chi connectivity index (χ0) is 27.4. The van der Waals surface area contributed by atoms with Gasteiger partial charge in [-0.3, -0.25) is 24.1 Å². The average molecular weight is 556 g/mol. The second kappa shape index (κ2) is 11.7. The smallest absolute Gasteiger partial charge is 0.294 e. The largest absolute Gasteiger partial charge is 0.493 e. The Bertz CT molecular complexity index is 1340. The van der Waals surface area contributed by atoms with Crippen LogP contribution < -0.4 is 24.3 Å². The Labute approximate surface area is 227 Å². The molecule has 2 aromatic rings. The van der Waals surface area contributed by atoms with Gasteiger partial charge in [0.25, 0.3) is 17.1 Å². The number of carbonyl (C=O) groups excluding carboxylic acids is 4. The molecule has 0 unspecified atom stereocenters. The van der Waals surface area contributed by atoms with Crippen molar-refractivity contribution in [3.8, 4) is 23.0 Å². The van der Waals surface area contributed by atoms with Crippen LogP contribution in [0.2, 0.25) is 0 Å². The minimum atomic E-state index is -0.582. The molecule has 2 saturated heterocycles. The van der Waals surface area contributed by atoms with Crippen molar-refractivity contribution in [2.75, 3.05) is 58.7 Å². The fraction of sp³-hybridized carbons (Fsp3) is 0.308. The Morgan fingerprint density at radius 1 is 1.05 bits per heavy atom. The number of anilines is 1. The summed E-state index contributed by atoms with van der Waals surface area (Å²) in [6.07, 6.45) is 1.53. The van der Waals surface area contributed by atoms with Crippen molar-refractivity contribution < 1.29 is 42.9 Å². The molecule has 0 aromatic heterocycles. The minimum Gasteiger partial charge on any atom is -0.493 e. The molecular formula is C26H25N3O9S. The number of hydrogen-bond acceptors (Lipinski definition) is 10. The van der Waals surface area contributed by atoms with Gasteiger partial charge in [0, 0.05) is 24.8 Å². The number of fused-ring (bicyclic) bond motifs is 1. The molecule has 3 heterocycles. The maximum atomic E-state index is 12.9. The fourth-order valence-corrected chi connectivity index (χ4v) is 4.88. The van der Waals surface area contributed by atoms with Crippen LogP contribution in [0, 0.1) is 0 Å². The predicted octanol–water partition coefficient (Wildman–Crippen LogP) is 2.34. The maximum absolute atomic E-state index is 12.9. The average Bonchev–Trinajstić information content (AvgIpc) is 3.52. The predicted molar refractivity (Wildman–Crippen MR) is 140 cm³/mol. The molecule has 0 atom stereocenters. The van der Waals surface area contributed by atoms with E-state index in [0.717, 1.165) is 16.7 Å². The van der Waals surface area contributed by atoms with Crippen LogP contribution in [0.3, 0.4) is 0 Å². The first-order chi connectivity index (χ1) is 18.9. The molecule has 13 heteroatoms. The van der Waals surface area contributed by atoms with Gasteiger partial charge in [0.2, 0.25) is 12.7 Å². The van der Waals surface area contributed by atoms with E-state index in [4.69, 9.17) is 23.7 Å². The van der Waals surface area contributed by atoms with Gasteiger partial charge >= 0.3 is 0 Å². The van der Waals surface area contributed by atoms with E-state index in [-0.39, 0.29) is 24.2 Å². The number of thioether (sulfide) groups is 1. The van der Waals surface area contributed by atoms with Crippen molar-refractivity contribution in [2.24, 2.45) is 0 Å². The third kappa shape index (κ3) is 6.10. The van der Waals surface area contributed by atoms with Crippen LogP contribution in [0.1, 0.15) is 5.56 Å². The number of methoxy groups -OCH3 is 1. The lowest BCUT2D eigenvalue weighted by Gasteiger charge is -2.26. The number of morpholine rings is 1. The molecule has 0 saturated carbocycles. The summed E-state index contributed by atoms with van der Waals surface area (Å²) in [5.74, 6) is 0.527. The van der Waals surface area contributed by atoms with Gasteiger partial charge in [-0.2, -0.15) is 0 Å². The van der Waals surface area contributed by atoms with Crippen molar-refractivity contribution >= 4 is 46.5 Å². The van der Waals surface area contributed by atoms with E-state index in [9.17, 15) is 19.2 Å². The highest BCUT2D eigenvalue weighted by molar-refractivity contribution is 8.18. The highest BCUT2D eigenvalue weighted by atomic mass is 32.2. The molecular weight excluding hydrogens is 530 g/mol. The molecule has 2 fully saturated rings. The summed E-state index contributed by atoms with van der Waals surface area (Å²) in [6.45, 7) is 1.55. The summed E-state index contributed by atoms with van der Waals surface area (Å²) >= 11 is 0.738. The number of carbonyl (C=O) groups is 4. The highest BCUT2D eigenvalue weighted by Gasteiger charge is 2.36. The zero-order valence-corrected chi connectivity index (χ0v) is 21.8. The summed E-state index contributed by atoms with van der Waals surface area (Å²) in [5, 5.41) is 2.10. The number of imide groups is 1. The fourth-order valence-electron chi connectivity index (χ4n) is 4.04. The molecule has 12 nitrogen and oxygen atoms in total. The molecule has 3 aliphatic rings. The molecule has 39 heavy (non-hydrogen) atoms. The molecule has 0 spiro atoms. The third-order valence-electron chi connectivity index (χ3n) is 6.03. The first kappa shape index (κ1) is 26.4. The van der Waals surface area contributed by atoms with Gasteiger partial charge in [-0.15, -0.1) is 0 Å². The molecule has 5 rings (SSSR count). The lowest BCUT2D eigenvalue weighted by atomic mass is 10.2. The highest BCUT2D eigenvalue weighted by Crippen LogP contribution is 2.36. The van der Waals surface area contributed by atoms with E-state index in [2.05, 4.69) is 5.32 Å². The normalized spacial score (nSPS) is 17.5. The van der Waals surface area contributed by atoms with E-state index in [1.54, 1.807) is 41.3 Å². The Hall–Kier alpha value is -4.23. The summed E-state index contributed by atoms with van der Waals surface area (Å²) in [5.41, 5.74) is 1.03. The Morgan fingerprint density at radius 3 is 2.64 bits per heavy atom. The van der Waals surface area contributed by atoms with Crippen molar-refractivity contribution in [1.82, 2.24) is 9.80 Å². The van der Waals surface area contributed by atoms with Crippen LogP contribution in [0.15, 0.2) is 41.3 Å². The minimum absolute atomic E-state index is 0.103. The van der Waals surface area contributed by atoms with Crippen LogP contribution in [0.4, 0.5) is 10.5 Å². The molecule has 4 amide bonds.